The van der Waals surface area contributed by atoms with Gasteiger partial charge >= 0.3 is 0 Å². The summed E-state index contributed by atoms with van der Waals surface area (Å²) < 4.78 is 5.97. The highest BCUT2D eigenvalue weighted by atomic mass is 79.9. The summed E-state index contributed by atoms with van der Waals surface area (Å²) in [6.45, 7) is 6.05. The fourth-order valence-electron chi connectivity index (χ4n) is 3.58. The third-order valence-corrected chi connectivity index (χ3v) is 5.80. The second kappa shape index (κ2) is 11.4. The first-order valence-electron chi connectivity index (χ1n) is 10.5. The predicted molar refractivity (Wildman–Crippen MR) is 124 cm³/mol. The summed E-state index contributed by atoms with van der Waals surface area (Å²) in [4.78, 5) is 33.6. The van der Waals surface area contributed by atoms with Gasteiger partial charge in [0.15, 0.2) is 0 Å². The second-order valence-electron chi connectivity index (χ2n) is 7.60. The van der Waals surface area contributed by atoms with Crippen molar-refractivity contribution >= 4 is 27.7 Å². The number of hydrogen-bond donors (Lipinski definition) is 1. The minimum atomic E-state index is -0.00513. The molecule has 0 bridgehead atoms. The summed E-state index contributed by atoms with van der Waals surface area (Å²) in [6, 6.07) is 11.7. The van der Waals surface area contributed by atoms with Gasteiger partial charge in [0.2, 0.25) is 5.91 Å². The van der Waals surface area contributed by atoms with Crippen molar-refractivity contribution < 1.29 is 14.3 Å². The second-order valence-corrected chi connectivity index (χ2v) is 8.52. The molecule has 1 fully saturated rings. The smallest absolute Gasteiger partial charge is 0.255 e. The number of carbonyl (C=O) groups is 2. The van der Waals surface area contributed by atoms with Crippen LogP contribution in [-0.4, -0.2) is 79.6 Å². The van der Waals surface area contributed by atoms with Gasteiger partial charge in [0.1, 0.15) is 0 Å². The molecule has 0 unspecified atom stereocenters. The lowest BCUT2D eigenvalue weighted by molar-refractivity contribution is -0.122. The van der Waals surface area contributed by atoms with E-state index in [9.17, 15) is 9.59 Å². The highest BCUT2D eigenvalue weighted by molar-refractivity contribution is 9.10. The molecule has 0 aliphatic carbocycles. The first-order valence-corrected chi connectivity index (χ1v) is 11.3. The minimum absolute atomic E-state index is 0.00513. The predicted octanol–water partition coefficient (Wildman–Crippen LogP) is 2.73. The van der Waals surface area contributed by atoms with Crippen LogP contribution in [-0.2, 0) is 9.53 Å². The highest BCUT2D eigenvalue weighted by Gasteiger charge is 2.24. The summed E-state index contributed by atoms with van der Waals surface area (Å²) in [5.41, 5.74) is 3.20. The Balaban J connectivity index is 1.53. The Morgan fingerprint density at radius 3 is 2.61 bits per heavy atom. The molecule has 8 heteroatoms. The lowest BCUT2D eigenvalue weighted by Crippen LogP contribution is -2.51. The molecule has 1 aliphatic rings. The lowest BCUT2D eigenvalue weighted by atomic mass is 10.1. The molecular weight excluding hydrogens is 460 g/mol. The van der Waals surface area contributed by atoms with E-state index in [1.54, 1.807) is 7.11 Å². The zero-order valence-corrected chi connectivity index (χ0v) is 19.7. The first kappa shape index (κ1) is 23.4. The van der Waals surface area contributed by atoms with E-state index < -0.39 is 0 Å². The van der Waals surface area contributed by atoms with Gasteiger partial charge in [-0.1, -0.05) is 28.1 Å². The molecule has 0 saturated carbocycles. The average Bonchev–Trinajstić information content (AvgIpc) is 2.77. The Morgan fingerprint density at radius 1 is 1.16 bits per heavy atom. The zero-order valence-electron chi connectivity index (χ0n) is 18.1. The molecular formula is C23H29BrN4O3. The van der Waals surface area contributed by atoms with Crippen molar-refractivity contribution in [1.29, 1.82) is 0 Å². The van der Waals surface area contributed by atoms with Gasteiger partial charge in [0, 0.05) is 56.5 Å². The van der Waals surface area contributed by atoms with Gasteiger partial charge in [-0.15, -0.1) is 0 Å². The lowest BCUT2D eigenvalue weighted by Gasteiger charge is -2.34. The van der Waals surface area contributed by atoms with Crippen molar-refractivity contribution in [3.05, 3.63) is 52.1 Å². The Bertz CT molecular complexity index is 913. The third-order valence-electron chi connectivity index (χ3n) is 5.31. The van der Waals surface area contributed by atoms with Crippen molar-refractivity contribution in [2.75, 3.05) is 53.0 Å². The van der Waals surface area contributed by atoms with Gasteiger partial charge in [-0.3, -0.25) is 19.5 Å². The van der Waals surface area contributed by atoms with Crippen LogP contribution in [0, 0.1) is 6.92 Å². The van der Waals surface area contributed by atoms with Crippen LogP contribution < -0.4 is 5.32 Å². The molecule has 1 aromatic heterocycles. The number of nitrogens with zero attached hydrogens (tertiary/aromatic N) is 3. The minimum Gasteiger partial charge on any atom is -0.385 e. The molecule has 0 atom stereocenters. The van der Waals surface area contributed by atoms with E-state index in [0.29, 0.717) is 51.4 Å². The van der Waals surface area contributed by atoms with Crippen molar-refractivity contribution in [2.45, 2.75) is 13.3 Å². The molecule has 2 amide bonds. The van der Waals surface area contributed by atoms with Crippen LogP contribution in [0.1, 0.15) is 22.5 Å². The van der Waals surface area contributed by atoms with Crippen LogP contribution in [0.15, 0.2) is 40.9 Å². The number of aryl methyl sites for hydroxylation is 1. The van der Waals surface area contributed by atoms with E-state index in [1.807, 2.05) is 48.2 Å². The first-order chi connectivity index (χ1) is 15.0. The normalized spacial score (nSPS) is 14.5. The average molecular weight is 489 g/mol. The van der Waals surface area contributed by atoms with E-state index >= 15 is 0 Å². The van der Waals surface area contributed by atoms with E-state index in [0.717, 1.165) is 27.8 Å². The molecule has 0 radical (unpaired) electrons. The van der Waals surface area contributed by atoms with E-state index in [1.165, 1.54) is 0 Å². The van der Waals surface area contributed by atoms with Gasteiger partial charge in [0.25, 0.3) is 5.91 Å². The standard InChI is InChI=1S/C23H29BrN4O3/c1-17-20(7-8-21(26-17)18-5-3-6-19(24)15-18)23(30)28-12-10-27(11-13-28)16-22(29)25-9-4-14-31-2/h3,5-8,15H,4,9-14,16H2,1-2H3,(H,25,29). The van der Waals surface area contributed by atoms with Crippen LogP contribution in [0.25, 0.3) is 11.3 Å². The summed E-state index contributed by atoms with van der Waals surface area (Å²) in [5.74, 6) is 0.00789. The fraction of sp³-hybridized carbons (Fsp3) is 0.435. The number of amides is 2. The van der Waals surface area contributed by atoms with Crippen LogP contribution >= 0.6 is 15.9 Å². The van der Waals surface area contributed by atoms with E-state index in [2.05, 4.69) is 31.1 Å². The summed E-state index contributed by atoms with van der Waals surface area (Å²) >= 11 is 3.48. The fourth-order valence-corrected chi connectivity index (χ4v) is 3.98. The van der Waals surface area contributed by atoms with Crippen LogP contribution in [0.2, 0.25) is 0 Å². The summed E-state index contributed by atoms with van der Waals surface area (Å²) in [6.07, 6.45) is 0.804. The number of pyridine rings is 1. The molecule has 3 rings (SSSR count). The van der Waals surface area contributed by atoms with Gasteiger partial charge in [-0.05, 0) is 37.6 Å². The number of ether oxygens (including phenoxy) is 1. The zero-order chi connectivity index (χ0) is 22.2. The largest absolute Gasteiger partial charge is 0.385 e. The number of benzene rings is 1. The molecule has 1 N–H and O–H groups in total. The van der Waals surface area contributed by atoms with Crippen LogP contribution in [0.4, 0.5) is 0 Å². The van der Waals surface area contributed by atoms with Crippen LogP contribution in [0.3, 0.4) is 0 Å². The third kappa shape index (κ3) is 6.59. The number of piperazine rings is 1. The van der Waals surface area contributed by atoms with Crippen molar-refractivity contribution in [2.24, 2.45) is 0 Å². The van der Waals surface area contributed by atoms with Gasteiger partial charge in [-0.2, -0.15) is 0 Å². The topological polar surface area (TPSA) is 74.8 Å². The van der Waals surface area contributed by atoms with Gasteiger partial charge in [0.05, 0.1) is 23.5 Å². The highest BCUT2D eigenvalue weighted by Crippen LogP contribution is 2.23. The van der Waals surface area contributed by atoms with Crippen molar-refractivity contribution in [1.82, 2.24) is 20.1 Å². The number of nitrogens with one attached hydrogen (secondary N) is 1. The summed E-state index contributed by atoms with van der Waals surface area (Å²) in [7, 11) is 1.65. The van der Waals surface area contributed by atoms with E-state index in [-0.39, 0.29) is 11.8 Å². The Labute approximate surface area is 191 Å². The van der Waals surface area contributed by atoms with E-state index in [4.69, 9.17) is 4.74 Å². The number of halogens is 1. The SMILES string of the molecule is COCCCNC(=O)CN1CCN(C(=O)c2ccc(-c3cccc(Br)c3)nc2C)CC1. The maximum Gasteiger partial charge on any atom is 0.255 e. The van der Waals surface area contributed by atoms with Crippen LogP contribution in [0.5, 0.6) is 0 Å². The molecule has 1 aromatic carbocycles. The summed E-state index contributed by atoms with van der Waals surface area (Å²) in [5, 5.41) is 2.90. The van der Waals surface area contributed by atoms with Gasteiger partial charge < -0.3 is 15.0 Å². The Kier molecular flexibility index (Phi) is 8.57. The molecule has 1 saturated heterocycles. The van der Waals surface area contributed by atoms with Crippen molar-refractivity contribution in [3.63, 3.8) is 0 Å². The molecule has 1 aliphatic heterocycles. The number of carbonyl (C=O) groups excluding carboxylic acids is 2. The quantitative estimate of drug-likeness (QED) is 0.578. The molecule has 7 nitrogen and oxygen atoms in total. The molecule has 31 heavy (non-hydrogen) atoms. The molecule has 2 heterocycles. The maximum atomic E-state index is 13.0. The molecule has 2 aromatic rings. The molecule has 166 valence electrons. The monoisotopic (exact) mass is 488 g/mol. The van der Waals surface area contributed by atoms with Crippen molar-refractivity contribution in [3.8, 4) is 11.3 Å². The Morgan fingerprint density at radius 2 is 1.94 bits per heavy atom. The molecule has 0 spiro atoms. The Hall–Kier alpha value is -2.29. The van der Waals surface area contributed by atoms with Gasteiger partial charge in [-0.25, -0.2) is 0 Å². The number of aromatic nitrogens is 1. The number of methoxy groups -OCH3 is 1. The maximum absolute atomic E-state index is 13.0. The number of hydrogen-bond acceptors (Lipinski definition) is 5. The number of rotatable bonds is 8.